The van der Waals surface area contributed by atoms with Crippen molar-refractivity contribution in [3.8, 4) is 0 Å². The highest BCUT2D eigenvalue weighted by Gasteiger charge is 2.15. The summed E-state index contributed by atoms with van der Waals surface area (Å²) < 4.78 is 0. The fourth-order valence-corrected chi connectivity index (χ4v) is 3.82. The Morgan fingerprint density at radius 2 is 1.89 bits per heavy atom. The maximum absolute atomic E-state index is 5.87. The molecule has 2 aromatic heterocycles. The number of rotatable bonds is 4. The van der Waals surface area contributed by atoms with Crippen LogP contribution in [-0.2, 0) is 0 Å². The molecule has 0 radical (unpaired) electrons. The molecule has 2 heterocycles. The molecule has 3 nitrogen and oxygen atoms in total. The van der Waals surface area contributed by atoms with Gasteiger partial charge in [0.25, 0.3) is 0 Å². The van der Waals surface area contributed by atoms with E-state index in [0.717, 1.165) is 16.5 Å². The molecule has 2 aromatic rings. The molecule has 5 heteroatoms. The highest BCUT2D eigenvalue weighted by Crippen LogP contribution is 2.36. The van der Waals surface area contributed by atoms with Crippen LogP contribution < -0.4 is 5.73 Å². The van der Waals surface area contributed by atoms with Gasteiger partial charge in [-0.2, -0.15) is 0 Å². The first kappa shape index (κ1) is 13.5. The average Bonchev–Trinajstić information content (AvgIpc) is 2.71. The van der Waals surface area contributed by atoms with Gasteiger partial charge < -0.3 is 5.73 Å². The van der Waals surface area contributed by atoms with Crippen LogP contribution in [0.4, 0.5) is 0 Å². The maximum Gasteiger partial charge on any atom is 0.188 e. The first-order chi connectivity index (χ1) is 8.58. The normalized spacial score (nSPS) is 12.7. The molecule has 1 atom stereocenters. The molecule has 0 saturated carbocycles. The van der Waals surface area contributed by atoms with E-state index in [1.54, 1.807) is 23.1 Å². The van der Waals surface area contributed by atoms with Crippen molar-refractivity contribution in [2.45, 2.75) is 31.2 Å². The predicted octanol–water partition coefficient (Wildman–Crippen LogP) is 3.26. The largest absolute Gasteiger partial charge is 0.329 e. The van der Waals surface area contributed by atoms with Crippen molar-refractivity contribution in [1.82, 2.24) is 9.97 Å². The van der Waals surface area contributed by atoms with Crippen LogP contribution in [0, 0.1) is 20.8 Å². The second-order valence-corrected chi connectivity index (χ2v) is 6.71. The summed E-state index contributed by atoms with van der Waals surface area (Å²) in [6, 6.07) is 6.26. The molecular formula is C13H17N3S2. The van der Waals surface area contributed by atoms with E-state index in [9.17, 15) is 0 Å². The topological polar surface area (TPSA) is 51.8 Å². The zero-order valence-corrected chi connectivity index (χ0v) is 12.4. The fraction of sp³-hybridized carbons (Fsp3) is 0.385. The first-order valence-corrected chi connectivity index (χ1v) is 7.53. The molecule has 1 unspecified atom stereocenters. The molecule has 0 saturated heterocycles. The van der Waals surface area contributed by atoms with Gasteiger partial charge in [-0.25, -0.2) is 9.97 Å². The Kier molecular flexibility index (Phi) is 4.37. The molecule has 2 rings (SSSR count). The Bertz CT molecular complexity index is 517. The molecule has 0 amide bonds. The van der Waals surface area contributed by atoms with Crippen LogP contribution in [0.25, 0.3) is 0 Å². The zero-order chi connectivity index (χ0) is 13.1. The summed E-state index contributed by atoms with van der Waals surface area (Å²) in [6.07, 6.45) is 0. The molecule has 0 aliphatic heterocycles. The lowest BCUT2D eigenvalue weighted by Gasteiger charge is -2.11. The summed E-state index contributed by atoms with van der Waals surface area (Å²) >= 11 is 3.44. The molecule has 0 aromatic carbocycles. The van der Waals surface area contributed by atoms with Crippen LogP contribution in [-0.4, -0.2) is 16.5 Å². The summed E-state index contributed by atoms with van der Waals surface area (Å²) in [6.45, 7) is 6.69. The summed E-state index contributed by atoms with van der Waals surface area (Å²) in [5.41, 5.74) is 7.87. The van der Waals surface area contributed by atoms with Crippen LogP contribution in [0.15, 0.2) is 23.4 Å². The van der Waals surface area contributed by atoms with Gasteiger partial charge in [0.1, 0.15) is 0 Å². The second-order valence-electron chi connectivity index (χ2n) is 4.22. The van der Waals surface area contributed by atoms with E-state index in [-0.39, 0.29) is 5.25 Å². The lowest BCUT2D eigenvalue weighted by atomic mass is 10.3. The van der Waals surface area contributed by atoms with Gasteiger partial charge in [-0.3, -0.25) is 0 Å². The number of aromatic nitrogens is 2. The lowest BCUT2D eigenvalue weighted by molar-refractivity contribution is 0.882. The maximum atomic E-state index is 5.87. The van der Waals surface area contributed by atoms with Gasteiger partial charge in [-0.15, -0.1) is 11.3 Å². The summed E-state index contributed by atoms with van der Waals surface area (Å²) in [5, 5.41) is 1.05. The minimum atomic E-state index is 0.241. The van der Waals surface area contributed by atoms with Gasteiger partial charge in [0.15, 0.2) is 5.16 Å². The van der Waals surface area contributed by atoms with Crippen molar-refractivity contribution in [1.29, 1.82) is 0 Å². The number of hydrogen-bond donors (Lipinski definition) is 1. The van der Waals surface area contributed by atoms with E-state index in [1.165, 1.54) is 9.75 Å². The third-order valence-corrected chi connectivity index (χ3v) is 4.89. The van der Waals surface area contributed by atoms with E-state index in [2.05, 4.69) is 29.0 Å². The Morgan fingerprint density at radius 3 is 2.39 bits per heavy atom. The Morgan fingerprint density at radius 1 is 1.22 bits per heavy atom. The van der Waals surface area contributed by atoms with Crippen LogP contribution in [0.5, 0.6) is 0 Å². The van der Waals surface area contributed by atoms with Crippen molar-refractivity contribution < 1.29 is 0 Å². The molecule has 0 bridgehead atoms. The minimum Gasteiger partial charge on any atom is -0.329 e. The molecule has 0 fully saturated rings. The van der Waals surface area contributed by atoms with Crippen LogP contribution in [0.1, 0.15) is 26.4 Å². The van der Waals surface area contributed by atoms with Gasteiger partial charge in [-0.05, 0) is 39.0 Å². The monoisotopic (exact) mass is 279 g/mol. The summed E-state index contributed by atoms with van der Waals surface area (Å²) in [4.78, 5) is 11.5. The van der Waals surface area contributed by atoms with Crippen molar-refractivity contribution in [3.05, 3.63) is 39.3 Å². The molecule has 18 heavy (non-hydrogen) atoms. The van der Waals surface area contributed by atoms with Gasteiger partial charge in [0.2, 0.25) is 0 Å². The average molecular weight is 279 g/mol. The van der Waals surface area contributed by atoms with E-state index >= 15 is 0 Å². The van der Waals surface area contributed by atoms with Gasteiger partial charge in [0, 0.05) is 27.7 Å². The van der Waals surface area contributed by atoms with E-state index in [0.29, 0.717) is 6.54 Å². The molecule has 0 aliphatic rings. The van der Waals surface area contributed by atoms with Crippen molar-refractivity contribution in [2.24, 2.45) is 5.73 Å². The number of aryl methyl sites for hydroxylation is 3. The predicted molar refractivity (Wildman–Crippen MR) is 78.2 cm³/mol. The van der Waals surface area contributed by atoms with Crippen molar-refractivity contribution in [3.63, 3.8) is 0 Å². The van der Waals surface area contributed by atoms with E-state index in [4.69, 9.17) is 5.73 Å². The first-order valence-electron chi connectivity index (χ1n) is 5.84. The molecular weight excluding hydrogens is 262 g/mol. The quantitative estimate of drug-likeness (QED) is 0.689. The third-order valence-electron chi connectivity index (χ3n) is 2.50. The number of hydrogen-bond acceptors (Lipinski definition) is 5. The molecule has 2 N–H and O–H groups in total. The van der Waals surface area contributed by atoms with E-state index in [1.807, 2.05) is 19.9 Å². The molecule has 0 aliphatic carbocycles. The van der Waals surface area contributed by atoms with Gasteiger partial charge in [0.05, 0.1) is 5.25 Å². The summed E-state index contributed by atoms with van der Waals surface area (Å²) in [5.74, 6) is 0. The smallest absolute Gasteiger partial charge is 0.188 e. The zero-order valence-electron chi connectivity index (χ0n) is 10.8. The minimum absolute atomic E-state index is 0.241. The molecule has 0 spiro atoms. The number of thioether (sulfide) groups is 1. The van der Waals surface area contributed by atoms with E-state index < -0.39 is 0 Å². The van der Waals surface area contributed by atoms with Crippen molar-refractivity contribution >= 4 is 23.1 Å². The molecule has 96 valence electrons. The standard InChI is InChI=1S/C13H17N3S2/c1-8-6-9(2)16-13(15-8)18-12(7-14)11-5-4-10(3)17-11/h4-6,12H,7,14H2,1-3H3. The van der Waals surface area contributed by atoms with Crippen LogP contribution >= 0.6 is 23.1 Å². The van der Waals surface area contributed by atoms with Crippen molar-refractivity contribution in [2.75, 3.05) is 6.54 Å². The highest BCUT2D eigenvalue weighted by molar-refractivity contribution is 7.99. The number of thiophene rings is 1. The second kappa shape index (κ2) is 5.82. The van der Waals surface area contributed by atoms with Gasteiger partial charge >= 0.3 is 0 Å². The highest BCUT2D eigenvalue weighted by atomic mass is 32.2. The SMILES string of the molecule is Cc1cc(C)nc(SC(CN)c2ccc(C)s2)n1. The Hall–Kier alpha value is -0.910. The Labute approximate surface area is 116 Å². The lowest BCUT2D eigenvalue weighted by Crippen LogP contribution is -2.09. The third kappa shape index (κ3) is 3.31. The number of nitrogens with two attached hydrogens (primary N) is 1. The summed E-state index contributed by atoms with van der Waals surface area (Å²) in [7, 11) is 0. The van der Waals surface area contributed by atoms with Crippen LogP contribution in [0.2, 0.25) is 0 Å². The Balaban J connectivity index is 2.20. The number of nitrogens with zero attached hydrogens (tertiary/aromatic N) is 2. The fourth-order valence-electron chi connectivity index (χ4n) is 1.72. The van der Waals surface area contributed by atoms with Crippen LogP contribution in [0.3, 0.4) is 0 Å². The van der Waals surface area contributed by atoms with Gasteiger partial charge in [-0.1, -0.05) is 11.8 Å².